The van der Waals surface area contributed by atoms with Crippen LogP contribution in [-0.4, -0.2) is 57.0 Å². The minimum absolute atomic E-state index is 0.0464. The van der Waals surface area contributed by atoms with Crippen molar-refractivity contribution in [2.75, 3.05) is 26.0 Å². The van der Waals surface area contributed by atoms with E-state index in [1.165, 1.54) is 25.5 Å². The Kier molecular flexibility index (Phi) is 3.62. The number of hydrogen-bond donors (Lipinski definition) is 1. The van der Waals surface area contributed by atoms with Gasteiger partial charge in [-0.15, -0.1) is 0 Å². The maximum absolute atomic E-state index is 11.4. The van der Waals surface area contributed by atoms with Crippen molar-refractivity contribution in [2.45, 2.75) is 56.2 Å². The highest BCUT2D eigenvalue weighted by atomic mass is 32.2. The first-order valence-corrected chi connectivity index (χ1v) is 9.20. The summed E-state index contributed by atoms with van der Waals surface area (Å²) in [4.78, 5) is 2.55. The van der Waals surface area contributed by atoms with Gasteiger partial charge in [-0.1, -0.05) is 6.42 Å². The van der Waals surface area contributed by atoms with E-state index in [9.17, 15) is 8.42 Å². The van der Waals surface area contributed by atoms with Gasteiger partial charge in [0.25, 0.3) is 0 Å². The first-order chi connectivity index (χ1) is 8.96. The van der Waals surface area contributed by atoms with Crippen LogP contribution in [0, 0.1) is 0 Å². The molecule has 5 nitrogen and oxygen atoms in total. The number of nitrogens with zero attached hydrogens (tertiary/aromatic N) is 1. The third-order valence-corrected chi connectivity index (χ3v) is 5.57. The van der Waals surface area contributed by atoms with Crippen molar-refractivity contribution >= 4 is 10.0 Å². The molecule has 19 heavy (non-hydrogen) atoms. The molecule has 3 fully saturated rings. The molecule has 0 radical (unpaired) electrons. The fraction of sp³-hybridized carbons (Fsp3) is 1.00. The van der Waals surface area contributed by atoms with Crippen LogP contribution in [0.5, 0.6) is 0 Å². The molecule has 3 aliphatic rings. The molecule has 2 aliphatic heterocycles. The first-order valence-electron chi connectivity index (χ1n) is 7.31. The van der Waals surface area contributed by atoms with Crippen molar-refractivity contribution in [3.05, 3.63) is 0 Å². The van der Waals surface area contributed by atoms with E-state index < -0.39 is 10.0 Å². The van der Waals surface area contributed by atoms with E-state index >= 15 is 0 Å². The highest BCUT2D eigenvalue weighted by Gasteiger charge is 2.45. The molecule has 0 aromatic rings. The molecule has 0 aromatic carbocycles. The molecule has 1 aliphatic carbocycles. The lowest BCUT2D eigenvalue weighted by atomic mass is 9.89. The third kappa shape index (κ3) is 3.12. The Labute approximate surface area is 115 Å². The predicted octanol–water partition coefficient (Wildman–Crippen LogP) is 0.712. The number of sulfonamides is 1. The lowest BCUT2D eigenvalue weighted by Crippen LogP contribution is -2.50. The highest BCUT2D eigenvalue weighted by molar-refractivity contribution is 7.88. The standard InChI is InChI=1S/C13H24N2O3S/c1-19(16,17)14-11-5-8-18-13(9-11)6-7-15(10-13)12-3-2-4-12/h11-12,14H,2-10H2,1H3/t11-,13+/m0/s1. The molecular formula is C13H24N2O3S. The van der Waals surface area contributed by atoms with Gasteiger partial charge < -0.3 is 4.74 Å². The molecule has 1 saturated carbocycles. The maximum Gasteiger partial charge on any atom is 0.208 e. The summed E-state index contributed by atoms with van der Waals surface area (Å²) in [7, 11) is -3.11. The summed E-state index contributed by atoms with van der Waals surface area (Å²) in [5.74, 6) is 0. The second kappa shape index (κ2) is 4.98. The van der Waals surface area contributed by atoms with Gasteiger partial charge in [-0.3, -0.25) is 4.90 Å². The van der Waals surface area contributed by atoms with Crippen molar-refractivity contribution in [3.63, 3.8) is 0 Å². The molecule has 6 heteroatoms. The Morgan fingerprint density at radius 3 is 2.74 bits per heavy atom. The van der Waals surface area contributed by atoms with Crippen molar-refractivity contribution in [2.24, 2.45) is 0 Å². The van der Waals surface area contributed by atoms with E-state index in [0.717, 1.165) is 38.4 Å². The monoisotopic (exact) mass is 288 g/mol. The Morgan fingerprint density at radius 1 is 1.32 bits per heavy atom. The van der Waals surface area contributed by atoms with E-state index in [0.29, 0.717) is 6.61 Å². The van der Waals surface area contributed by atoms with Gasteiger partial charge in [0.2, 0.25) is 10.0 Å². The normalized spacial score (nSPS) is 37.6. The van der Waals surface area contributed by atoms with Gasteiger partial charge in [0, 0.05) is 31.8 Å². The molecular weight excluding hydrogens is 264 g/mol. The summed E-state index contributed by atoms with van der Waals surface area (Å²) < 4.78 is 31.5. The van der Waals surface area contributed by atoms with Crippen LogP contribution in [0.3, 0.4) is 0 Å². The predicted molar refractivity (Wildman–Crippen MR) is 73.5 cm³/mol. The van der Waals surface area contributed by atoms with Crippen LogP contribution in [0.4, 0.5) is 0 Å². The fourth-order valence-electron chi connectivity index (χ4n) is 3.65. The molecule has 2 heterocycles. The van der Waals surface area contributed by atoms with E-state index in [4.69, 9.17) is 4.74 Å². The Hall–Kier alpha value is -0.170. The van der Waals surface area contributed by atoms with Crippen LogP contribution in [0.2, 0.25) is 0 Å². The minimum Gasteiger partial charge on any atom is -0.373 e. The zero-order valence-corrected chi connectivity index (χ0v) is 12.4. The summed E-state index contributed by atoms with van der Waals surface area (Å²) in [6, 6.07) is 0.802. The van der Waals surface area contributed by atoms with Gasteiger partial charge in [0.15, 0.2) is 0 Å². The Morgan fingerprint density at radius 2 is 2.11 bits per heavy atom. The number of ether oxygens (including phenoxy) is 1. The second-order valence-corrected chi connectivity index (χ2v) is 8.20. The molecule has 110 valence electrons. The third-order valence-electron chi connectivity index (χ3n) is 4.81. The first kappa shape index (κ1) is 13.8. The van der Waals surface area contributed by atoms with Crippen LogP contribution in [0.1, 0.15) is 38.5 Å². The highest BCUT2D eigenvalue weighted by Crippen LogP contribution is 2.38. The minimum atomic E-state index is -3.11. The average Bonchev–Trinajstić information content (AvgIpc) is 2.56. The summed E-state index contributed by atoms with van der Waals surface area (Å²) in [5.41, 5.74) is -0.101. The smallest absolute Gasteiger partial charge is 0.208 e. The van der Waals surface area contributed by atoms with E-state index in [1.807, 2.05) is 0 Å². The summed E-state index contributed by atoms with van der Waals surface area (Å²) in [6.45, 7) is 2.77. The molecule has 0 bridgehead atoms. The molecule has 3 rings (SSSR count). The average molecular weight is 288 g/mol. The van der Waals surface area contributed by atoms with Crippen LogP contribution >= 0.6 is 0 Å². The van der Waals surface area contributed by atoms with Crippen molar-refractivity contribution in [1.29, 1.82) is 0 Å². The van der Waals surface area contributed by atoms with E-state index in [-0.39, 0.29) is 11.6 Å². The number of hydrogen-bond acceptors (Lipinski definition) is 4. The van der Waals surface area contributed by atoms with Crippen LogP contribution in [0.15, 0.2) is 0 Å². The van der Waals surface area contributed by atoms with Crippen LogP contribution in [-0.2, 0) is 14.8 Å². The van der Waals surface area contributed by atoms with Crippen molar-refractivity contribution < 1.29 is 13.2 Å². The van der Waals surface area contributed by atoms with Gasteiger partial charge in [-0.2, -0.15) is 0 Å². The molecule has 1 spiro atoms. The Balaban J connectivity index is 1.61. The van der Waals surface area contributed by atoms with Crippen LogP contribution in [0.25, 0.3) is 0 Å². The summed E-state index contributed by atoms with van der Waals surface area (Å²) in [5, 5.41) is 0. The van der Waals surface area contributed by atoms with Gasteiger partial charge in [0.05, 0.1) is 11.9 Å². The fourth-order valence-corrected chi connectivity index (χ4v) is 4.46. The molecule has 2 saturated heterocycles. The zero-order chi connectivity index (χ0) is 13.5. The molecule has 0 amide bonds. The lowest BCUT2D eigenvalue weighted by molar-refractivity contribution is -0.0808. The van der Waals surface area contributed by atoms with E-state index in [1.54, 1.807) is 0 Å². The number of rotatable bonds is 3. The van der Waals surface area contributed by atoms with Crippen LogP contribution < -0.4 is 4.72 Å². The van der Waals surface area contributed by atoms with E-state index in [2.05, 4.69) is 9.62 Å². The SMILES string of the molecule is CS(=O)(=O)N[C@H]1CCO[C@]2(CCN(C3CCC3)C2)C1. The molecule has 1 N–H and O–H groups in total. The number of likely N-dealkylation sites (tertiary alicyclic amines) is 1. The quantitative estimate of drug-likeness (QED) is 0.831. The molecule has 0 unspecified atom stereocenters. The maximum atomic E-state index is 11.4. The topological polar surface area (TPSA) is 58.6 Å². The zero-order valence-electron chi connectivity index (χ0n) is 11.6. The van der Waals surface area contributed by atoms with Gasteiger partial charge in [-0.05, 0) is 32.1 Å². The number of nitrogens with one attached hydrogen (secondary N) is 1. The van der Waals surface area contributed by atoms with Crippen molar-refractivity contribution in [1.82, 2.24) is 9.62 Å². The van der Waals surface area contributed by atoms with Gasteiger partial charge in [0.1, 0.15) is 0 Å². The largest absolute Gasteiger partial charge is 0.373 e. The van der Waals surface area contributed by atoms with Gasteiger partial charge >= 0.3 is 0 Å². The lowest BCUT2D eigenvalue weighted by Gasteiger charge is -2.40. The van der Waals surface area contributed by atoms with Gasteiger partial charge in [-0.25, -0.2) is 13.1 Å². The second-order valence-electron chi connectivity index (χ2n) is 6.42. The Bertz CT molecular complexity index is 435. The summed E-state index contributed by atoms with van der Waals surface area (Å²) >= 11 is 0. The molecule has 2 atom stereocenters. The molecule has 0 aromatic heterocycles. The summed E-state index contributed by atoms with van der Waals surface area (Å²) in [6.07, 6.45) is 7.90. The van der Waals surface area contributed by atoms with Crippen molar-refractivity contribution in [3.8, 4) is 0 Å².